The number of hydrogen-bond acceptors (Lipinski definition) is 5. The van der Waals surface area contributed by atoms with E-state index in [-0.39, 0.29) is 17.3 Å². The van der Waals surface area contributed by atoms with Crippen LogP contribution in [-0.4, -0.2) is 26.0 Å². The second-order valence-corrected chi connectivity index (χ2v) is 7.57. The highest BCUT2D eigenvalue weighted by Crippen LogP contribution is 2.35. The van der Waals surface area contributed by atoms with Gasteiger partial charge < -0.3 is 5.32 Å². The van der Waals surface area contributed by atoms with E-state index in [1.54, 1.807) is 6.20 Å². The Morgan fingerprint density at radius 3 is 2.72 bits per heavy atom. The number of nitro groups is 1. The zero-order valence-electron chi connectivity index (χ0n) is 12.5. The summed E-state index contributed by atoms with van der Waals surface area (Å²) in [5.74, 6) is -0.0860. The minimum atomic E-state index is -0.500. The van der Waals surface area contributed by atoms with Crippen molar-refractivity contribution >= 4 is 66.4 Å². The Morgan fingerprint density at radius 1 is 1.32 bits per heavy atom. The average Bonchev–Trinajstić information content (AvgIpc) is 2.99. The number of aromatic nitrogens is 2. The number of amides is 1. The van der Waals surface area contributed by atoms with Crippen LogP contribution in [0.1, 0.15) is 0 Å². The van der Waals surface area contributed by atoms with Crippen molar-refractivity contribution < 1.29 is 9.72 Å². The predicted molar refractivity (Wildman–Crippen MR) is 103 cm³/mol. The van der Waals surface area contributed by atoms with Crippen LogP contribution in [0, 0.1) is 10.1 Å². The molecule has 0 saturated heterocycles. The molecular formula is C15H10Br2N4O3S. The number of pyridine rings is 1. The van der Waals surface area contributed by atoms with Crippen molar-refractivity contribution in [2.24, 2.45) is 0 Å². The van der Waals surface area contributed by atoms with E-state index in [1.807, 2.05) is 28.8 Å². The third kappa shape index (κ3) is 4.02. The second kappa shape index (κ2) is 7.54. The molecule has 3 rings (SSSR count). The highest BCUT2D eigenvalue weighted by molar-refractivity contribution is 9.11. The number of non-ortho nitro benzene ring substituents is 1. The Kier molecular flexibility index (Phi) is 5.40. The lowest BCUT2D eigenvalue weighted by atomic mass is 10.3. The van der Waals surface area contributed by atoms with Crippen molar-refractivity contribution in [3.8, 4) is 0 Å². The number of nitrogens with zero attached hydrogens (tertiary/aromatic N) is 3. The zero-order valence-corrected chi connectivity index (χ0v) is 16.5. The largest absolute Gasteiger partial charge is 0.323 e. The summed E-state index contributed by atoms with van der Waals surface area (Å²) in [4.78, 5) is 26.9. The molecule has 2 aromatic heterocycles. The highest BCUT2D eigenvalue weighted by atomic mass is 79.9. The van der Waals surface area contributed by atoms with Crippen LogP contribution in [0.15, 0.2) is 56.8 Å². The fourth-order valence-electron chi connectivity index (χ4n) is 2.12. The SMILES string of the molecule is O=C(CSc1ncc2ccccn12)Nc1c(Br)cc([N+](=O)[O-])cc1Br. The first-order valence-corrected chi connectivity index (χ1v) is 9.51. The Morgan fingerprint density at radius 2 is 2.04 bits per heavy atom. The zero-order chi connectivity index (χ0) is 18.0. The number of nitrogens with one attached hydrogen (secondary N) is 1. The number of nitro benzene ring substituents is 1. The third-order valence-corrected chi connectivity index (χ3v) is 5.46. The number of carbonyl (C=O) groups is 1. The molecule has 2 heterocycles. The van der Waals surface area contributed by atoms with E-state index in [0.29, 0.717) is 19.8 Å². The number of hydrogen-bond donors (Lipinski definition) is 1. The summed E-state index contributed by atoms with van der Waals surface area (Å²) in [5.41, 5.74) is 1.32. The molecule has 25 heavy (non-hydrogen) atoms. The molecule has 0 unspecified atom stereocenters. The van der Waals surface area contributed by atoms with Gasteiger partial charge >= 0.3 is 0 Å². The first-order chi connectivity index (χ1) is 12.0. The molecule has 1 N–H and O–H groups in total. The number of benzene rings is 1. The summed E-state index contributed by atoms with van der Waals surface area (Å²) < 4.78 is 2.76. The lowest BCUT2D eigenvalue weighted by Gasteiger charge is -2.09. The number of halogens is 2. The van der Waals surface area contributed by atoms with Crippen molar-refractivity contribution in [2.75, 3.05) is 11.1 Å². The number of rotatable bonds is 5. The quantitative estimate of drug-likeness (QED) is 0.326. The molecule has 1 aromatic carbocycles. The molecule has 0 fully saturated rings. The Balaban J connectivity index is 1.70. The molecule has 0 aliphatic heterocycles. The van der Waals surface area contributed by atoms with E-state index in [9.17, 15) is 14.9 Å². The molecular weight excluding hydrogens is 476 g/mol. The fourth-order valence-corrected chi connectivity index (χ4v) is 4.24. The predicted octanol–water partition coefficient (Wildman–Crippen LogP) is 4.50. The number of anilines is 1. The molecule has 0 bridgehead atoms. The smallest absolute Gasteiger partial charge is 0.271 e. The standard InChI is InChI=1S/C15H10Br2N4O3S/c16-11-5-10(21(23)24)6-12(17)14(11)19-13(22)8-25-15-18-7-9-3-1-2-4-20(9)15/h1-7H,8H2,(H,19,22). The number of thioether (sulfide) groups is 1. The van der Waals surface area contributed by atoms with Gasteiger partial charge in [-0.3, -0.25) is 19.3 Å². The maximum atomic E-state index is 12.2. The molecule has 10 heteroatoms. The van der Waals surface area contributed by atoms with Crippen LogP contribution in [-0.2, 0) is 4.79 Å². The van der Waals surface area contributed by atoms with Gasteiger partial charge in [0.15, 0.2) is 5.16 Å². The van der Waals surface area contributed by atoms with Crippen LogP contribution < -0.4 is 5.32 Å². The Labute approximate surface area is 163 Å². The molecule has 3 aromatic rings. The fraction of sp³-hybridized carbons (Fsp3) is 0.0667. The van der Waals surface area contributed by atoms with Gasteiger partial charge in [-0.15, -0.1) is 0 Å². The van der Waals surface area contributed by atoms with Crippen LogP contribution in [0.5, 0.6) is 0 Å². The van der Waals surface area contributed by atoms with Crippen LogP contribution >= 0.6 is 43.6 Å². The highest BCUT2D eigenvalue weighted by Gasteiger charge is 2.16. The molecule has 0 spiro atoms. The van der Waals surface area contributed by atoms with Crippen molar-refractivity contribution in [3.63, 3.8) is 0 Å². The lowest BCUT2D eigenvalue weighted by molar-refractivity contribution is -0.385. The maximum absolute atomic E-state index is 12.2. The Bertz CT molecular complexity index is 953. The van der Waals surface area contributed by atoms with E-state index in [1.165, 1.54) is 23.9 Å². The van der Waals surface area contributed by atoms with E-state index in [4.69, 9.17) is 0 Å². The molecule has 0 saturated carbocycles. The Hall–Kier alpha value is -1.91. The number of fused-ring (bicyclic) bond motifs is 1. The average molecular weight is 486 g/mol. The van der Waals surface area contributed by atoms with E-state index < -0.39 is 4.92 Å². The first kappa shape index (κ1) is 17.9. The monoisotopic (exact) mass is 484 g/mol. The van der Waals surface area contributed by atoms with Crippen molar-refractivity contribution in [2.45, 2.75) is 5.16 Å². The van der Waals surface area contributed by atoms with Gasteiger partial charge in [-0.2, -0.15) is 0 Å². The van der Waals surface area contributed by atoms with Gasteiger partial charge in [-0.05, 0) is 44.0 Å². The summed E-state index contributed by atoms with van der Waals surface area (Å²) in [7, 11) is 0. The van der Waals surface area contributed by atoms with Crippen LogP contribution in [0.4, 0.5) is 11.4 Å². The summed E-state index contributed by atoms with van der Waals surface area (Å²) in [6.45, 7) is 0. The van der Waals surface area contributed by atoms with Crippen LogP contribution in [0.3, 0.4) is 0 Å². The van der Waals surface area contributed by atoms with Crippen LogP contribution in [0.2, 0.25) is 0 Å². The summed E-state index contributed by atoms with van der Waals surface area (Å²) in [6, 6.07) is 8.43. The number of carbonyl (C=O) groups excluding carboxylic acids is 1. The maximum Gasteiger partial charge on any atom is 0.271 e. The molecule has 7 nitrogen and oxygen atoms in total. The van der Waals surface area contributed by atoms with Gasteiger partial charge in [0.25, 0.3) is 5.69 Å². The van der Waals surface area contributed by atoms with Crippen molar-refractivity contribution in [3.05, 3.63) is 61.8 Å². The summed E-state index contributed by atoms with van der Waals surface area (Å²) >= 11 is 7.79. The second-order valence-electron chi connectivity index (χ2n) is 4.91. The number of imidazole rings is 1. The normalized spacial score (nSPS) is 10.8. The third-order valence-electron chi connectivity index (χ3n) is 3.24. The minimum Gasteiger partial charge on any atom is -0.323 e. The van der Waals surface area contributed by atoms with E-state index >= 15 is 0 Å². The molecule has 0 aliphatic carbocycles. The van der Waals surface area contributed by atoms with Gasteiger partial charge in [0.2, 0.25) is 5.91 Å². The molecule has 1 amide bonds. The topological polar surface area (TPSA) is 89.5 Å². The summed E-state index contributed by atoms with van der Waals surface area (Å²) in [5, 5.41) is 14.3. The van der Waals surface area contributed by atoms with Crippen molar-refractivity contribution in [1.82, 2.24) is 9.38 Å². The molecule has 0 radical (unpaired) electrons. The van der Waals surface area contributed by atoms with Crippen LogP contribution in [0.25, 0.3) is 5.52 Å². The van der Waals surface area contributed by atoms with Gasteiger partial charge in [-0.25, -0.2) is 4.98 Å². The molecule has 128 valence electrons. The lowest BCUT2D eigenvalue weighted by Crippen LogP contribution is -2.15. The van der Waals surface area contributed by atoms with Gasteiger partial charge in [0.1, 0.15) is 0 Å². The van der Waals surface area contributed by atoms with Gasteiger partial charge in [-0.1, -0.05) is 17.8 Å². The first-order valence-electron chi connectivity index (χ1n) is 6.94. The van der Waals surface area contributed by atoms with Crippen molar-refractivity contribution in [1.29, 1.82) is 0 Å². The van der Waals surface area contributed by atoms with E-state index in [0.717, 1.165) is 5.52 Å². The van der Waals surface area contributed by atoms with Gasteiger partial charge in [0.05, 0.1) is 28.1 Å². The van der Waals surface area contributed by atoms with E-state index in [2.05, 4.69) is 42.2 Å². The molecule has 0 atom stereocenters. The molecule has 0 aliphatic rings. The summed E-state index contributed by atoms with van der Waals surface area (Å²) in [6.07, 6.45) is 3.62. The minimum absolute atomic E-state index is 0.0741. The van der Waals surface area contributed by atoms with Gasteiger partial charge in [0, 0.05) is 27.3 Å².